The van der Waals surface area contributed by atoms with Crippen LogP contribution in [0.25, 0.3) is 0 Å². The fraction of sp³-hybridized carbons (Fsp3) is 0.571. The molecule has 1 aromatic carbocycles. The van der Waals surface area contributed by atoms with Crippen molar-refractivity contribution in [2.75, 3.05) is 13.1 Å². The third kappa shape index (κ3) is 2.72. The van der Waals surface area contributed by atoms with Crippen LogP contribution in [-0.4, -0.2) is 34.7 Å². The average molecular weight is 296 g/mol. The minimum Gasteiger partial charge on any atom is -0.388 e. The largest absolute Gasteiger partial charge is 0.388 e. The monoisotopic (exact) mass is 295 g/mol. The summed E-state index contributed by atoms with van der Waals surface area (Å²) >= 11 is 3.48. The Labute approximate surface area is 111 Å². The van der Waals surface area contributed by atoms with E-state index in [-0.39, 0.29) is 0 Å². The first-order valence-corrected chi connectivity index (χ1v) is 7.15. The molecule has 1 heterocycles. The molecule has 2 nitrogen and oxygen atoms in total. The Morgan fingerprint density at radius 2 is 2.24 bits per heavy atom. The lowest BCUT2D eigenvalue weighted by molar-refractivity contribution is 0.0487. The van der Waals surface area contributed by atoms with E-state index in [1.807, 2.05) is 12.1 Å². The van der Waals surface area contributed by atoms with Crippen LogP contribution in [0, 0.1) is 0 Å². The SMILES string of the molecule is OC1(Cc2cccc(Br)c2)CCN(C2CC2)C1. The van der Waals surface area contributed by atoms with E-state index >= 15 is 0 Å². The summed E-state index contributed by atoms with van der Waals surface area (Å²) in [6, 6.07) is 9.04. The van der Waals surface area contributed by atoms with Crippen molar-refractivity contribution in [3.8, 4) is 0 Å². The van der Waals surface area contributed by atoms with Gasteiger partial charge in [0.15, 0.2) is 0 Å². The summed E-state index contributed by atoms with van der Waals surface area (Å²) in [6.45, 7) is 1.92. The quantitative estimate of drug-likeness (QED) is 0.927. The van der Waals surface area contributed by atoms with Gasteiger partial charge in [0.1, 0.15) is 0 Å². The highest BCUT2D eigenvalue weighted by Gasteiger charge is 2.41. The van der Waals surface area contributed by atoms with Crippen molar-refractivity contribution in [2.24, 2.45) is 0 Å². The summed E-state index contributed by atoms with van der Waals surface area (Å²) in [5.74, 6) is 0. The minimum atomic E-state index is -0.511. The zero-order valence-electron chi connectivity index (χ0n) is 9.90. The lowest BCUT2D eigenvalue weighted by atomic mass is 9.94. The van der Waals surface area contributed by atoms with E-state index in [9.17, 15) is 5.11 Å². The van der Waals surface area contributed by atoms with Gasteiger partial charge in [0.25, 0.3) is 0 Å². The summed E-state index contributed by atoms with van der Waals surface area (Å²) in [5, 5.41) is 10.6. The van der Waals surface area contributed by atoms with Gasteiger partial charge in [-0.15, -0.1) is 0 Å². The van der Waals surface area contributed by atoms with E-state index in [1.165, 1.54) is 18.4 Å². The van der Waals surface area contributed by atoms with E-state index in [1.54, 1.807) is 0 Å². The Bertz CT molecular complexity index is 418. The molecule has 2 fully saturated rings. The zero-order chi connectivity index (χ0) is 11.9. The third-order valence-corrected chi connectivity index (χ3v) is 4.34. The van der Waals surface area contributed by atoms with Crippen LogP contribution in [0.1, 0.15) is 24.8 Å². The average Bonchev–Trinajstić information content (AvgIpc) is 3.03. The summed E-state index contributed by atoms with van der Waals surface area (Å²) in [4.78, 5) is 2.46. The molecule has 3 rings (SSSR count). The van der Waals surface area contributed by atoms with Crippen molar-refractivity contribution in [2.45, 2.75) is 37.3 Å². The van der Waals surface area contributed by atoms with Crippen molar-refractivity contribution >= 4 is 15.9 Å². The summed E-state index contributed by atoms with van der Waals surface area (Å²) in [7, 11) is 0. The molecular formula is C14H18BrNO. The normalized spacial score (nSPS) is 29.8. The van der Waals surface area contributed by atoms with Gasteiger partial charge in [0.05, 0.1) is 5.60 Å². The van der Waals surface area contributed by atoms with Crippen LogP contribution in [0.15, 0.2) is 28.7 Å². The van der Waals surface area contributed by atoms with Gasteiger partial charge < -0.3 is 5.11 Å². The van der Waals surface area contributed by atoms with Gasteiger partial charge in [-0.1, -0.05) is 28.1 Å². The number of likely N-dealkylation sites (tertiary alicyclic amines) is 1. The summed E-state index contributed by atoms with van der Waals surface area (Å²) in [5.41, 5.74) is 0.711. The molecule has 92 valence electrons. The van der Waals surface area contributed by atoms with Crippen molar-refractivity contribution < 1.29 is 5.11 Å². The summed E-state index contributed by atoms with van der Waals surface area (Å²) < 4.78 is 1.09. The second-order valence-corrected chi connectivity index (χ2v) is 6.40. The standard InChI is InChI=1S/C14H18BrNO/c15-12-3-1-2-11(8-12)9-14(17)6-7-16(10-14)13-4-5-13/h1-3,8,13,17H,4-7,9-10H2. The maximum atomic E-state index is 10.6. The van der Waals surface area contributed by atoms with Gasteiger partial charge in [0, 0.05) is 30.0 Å². The van der Waals surface area contributed by atoms with Crippen molar-refractivity contribution in [1.82, 2.24) is 4.90 Å². The van der Waals surface area contributed by atoms with Crippen LogP contribution in [0.5, 0.6) is 0 Å². The maximum absolute atomic E-state index is 10.6. The minimum absolute atomic E-state index is 0.511. The molecule has 1 atom stereocenters. The van der Waals surface area contributed by atoms with Crippen molar-refractivity contribution in [3.05, 3.63) is 34.3 Å². The molecule has 0 bridgehead atoms. The number of hydrogen-bond donors (Lipinski definition) is 1. The Balaban J connectivity index is 1.68. The molecule has 17 heavy (non-hydrogen) atoms. The predicted octanol–water partition coefficient (Wildman–Crippen LogP) is 2.59. The molecular weight excluding hydrogens is 278 g/mol. The second-order valence-electron chi connectivity index (χ2n) is 5.48. The number of aliphatic hydroxyl groups is 1. The van der Waals surface area contributed by atoms with E-state index in [2.05, 4.69) is 33.0 Å². The molecule has 1 N–H and O–H groups in total. The molecule has 1 saturated heterocycles. The Hall–Kier alpha value is -0.380. The Morgan fingerprint density at radius 1 is 1.41 bits per heavy atom. The number of benzene rings is 1. The van der Waals surface area contributed by atoms with Crippen LogP contribution in [-0.2, 0) is 6.42 Å². The van der Waals surface area contributed by atoms with E-state index in [4.69, 9.17) is 0 Å². The Morgan fingerprint density at radius 3 is 2.94 bits per heavy atom. The number of β-amino-alcohol motifs (C(OH)–C–C–N with tert-alkyl or cyclic N) is 1. The molecule has 3 heteroatoms. The van der Waals surface area contributed by atoms with Gasteiger partial charge in [-0.25, -0.2) is 0 Å². The summed E-state index contributed by atoms with van der Waals surface area (Å²) in [6.07, 6.45) is 4.34. The Kier molecular flexibility index (Phi) is 3.01. The smallest absolute Gasteiger partial charge is 0.0826 e. The van der Waals surface area contributed by atoms with Gasteiger partial charge in [-0.2, -0.15) is 0 Å². The lowest BCUT2D eigenvalue weighted by Crippen LogP contribution is -2.36. The van der Waals surface area contributed by atoms with Crippen LogP contribution in [0.2, 0.25) is 0 Å². The highest BCUT2D eigenvalue weighted by molar-refractivity contribution is 9.10. The first-order valence-electron chi connectivity index (χ1n) is 6.36. The number of nitrogens with zero attached hydrogens (tertiary/aromatic N) is 1. The fourth-order valence-corrected chi connectivity index (χ4v) is 3.26. The molecule has 0 aromatic heterocycles. The van der Waals surface area contributed by atoms with Crippen LogP contribution < -0.4 is 0 Å². The first kappa shape index (κ1) is 11.7. The van der Waals surface area contributed by atoms with Gasteiger partial charge in [-0.3, -0.25) is 4.90 Å². The van der Waals surface area contributed by atoms with Crippen molar-refractivity contribution in [1.29, 1.82) is 0 Å². The molecule has 1 aliphatic heterocycles. The molecule has 2 aliphatic rings. The molecule has 1 unspecified atom stereocenters. The number of rotatable bonds is 3. The van der Waals surface area contributed by atoms with Gasteiger partial charge in [-0.05, 0) is 37.0 Å². The van der Waals surface area contributed by atoms with Crippen LogP contribution in [0.4, 0.5) is 0 Å². The number of halogens is 1. The highest BCUT2D eigenvalue weighted by Crippen LogP contribution is 2.34. The first-order chi connectivity index (χ1) is 8.15. The molecule has 1 aromatic rings. The fourth-order valence-electron chi connectivity index (χ4n) is 2.81. The van der Waals surface area contributed by atoms with Gasteiger partial charge in [0.2, 0.25) is 0 Å². The molecule has 0 spiro atoms. The maximum Gasteiger partial charge on any atom is 0.0826 e. The van der Waals surface area contributed by atoms with Gasteiger partial charge >= 0.3 is 0 Å². The highest BCUT2D eigenvalue weighted by atomic mass is 79.9. The third-order valence-electron chi connectivity index (χ3n) is 3.85. The second kappa shape index (κ2) is 4.38. The topological polar surface area (TPSA) is 23.5 Å². The molecule has 0 amide bonds. The zero-order valence-corrected chi connectivity index (χ0v) is 11.5. The molecule has 0 radical (unpaired) electrons. The van der Waals surface area contributed by atoms with Crippen LogP contribution in [0.3, 0.4) is 0 Å². The van der Waals surface area contributed by atoms with E-state index in [0.29, 0.717) is 0 Å². The molecule has 1 saturated carbocycles. The predicted molar refractivity (Wildman–Crippen MR) is 72.0 cm³/mol. The lowest BCUT2D eigenvalue weighted by Gasteiger charge is -2.23. The number of hydrogen-bond acceptors (Lipinski definition) is 2. The molecule has 1 aliphatic carbocycles. The van der Waals surface area contributed by atoms with Crippen molar-refractivity contribution in [3.63, 3.8) is 0 Å². The van der Waals surface area contributed by atoms with E-state index in [0.717, 1.165) is 36.4 Å². The van der Waals surface area contributed by atoms with Crippen LogP contribution >= 0.6 is 15.9 Å². The van der Waals surface area contributed by atoms with E-state index < -0.39 is 5.60 Å².